The largest absolute Gasteiger partial charge is 0.497 e. The molecule has 0 radical (unpaired) electrons. The van der Waals surface area contributed by atoms with Crippen LogP contribution in [0.3, 0.4) is 0 Å². The Kier molecular flexibility index (Phi) is 5.63. The first-order valence-corrected chi connectivity index (χ1v) is 9.69. The van der Waals surface area contributed by atoms with Crippen LogP contribution in [0.15, 0.2) is 82.7 Å². The van der Waals surface area contributed by atoms with Gasteiger partial charge in [-0.3, -0.25) is 20.0 Å². The van der Waals surface area contributed by atoms with Crippen molar-refractivity contribution >= 4 is 17.2 Å². The monoisotopic (exact) mass is 429 g/mol. The molecule has 0 atom stereocenters. The van der Waals surface area contributed by atoms with Crippen molar-refractivity contribution in [3.63, 3.8) is 0 Å². The summed E-state index contributed by atoms with van der Waals surface area (Å²) in [6.45, 7) is 1.74. The molecule has 9 heteroatoms. The van der Waals surface area contributed by atoms with Crippen molar-refractivity contribution in [3.05, 3.63) is 99.0 Å². The Balaban J connectivity index is 1.88. The molecule has 4 rings (SSSR count). The number of aliphatic imine (C=N–C) groups is 1. The first-order chi connectivity index (χ1) is 15.5. The molecule has 0 saturated carbocycles. The maximum atomic E-state index is 13.4. The predicted octanol–water partition coefficient (Wildman–Crippen LogP) is 4.29. The van der Waals surface area contributed by atoms with Gasteiger partial charge in [0.2, 0.25) is 0 Å². The molecular weight excluding hydrogens is 410 g/mol. The standard InChI is InChI=1S/C23H19N5O4/c1-15(25-20-5-3-4-14-24-20)21-22(16-6-12-19(32-2)13-7-16)26-27(23(21)29)17-8-10-18(11-9-17)28(30)31/h3-14,26H,1-2H3/b25-15+. The highest BCUT2D eigenvalue weighted by Crippen LogP contribution is 2.25. The number of nitrogens with zero attached hydrogens (tertiary/aromatic N) is 4. The highest BCUT2D eigenvalue weighted by Gasteiger charge is 2.20. The smallest absolute Gasteiger partial charge is 0.280 e. The maximum absolute atomic E-state index is 13.4. The molecule has 0 fully saturated rings. The molecular formula is C23H19N5O4. The molecule has 2 aromatic heterocycles. The lowest BCUT2D eigenvalue weighted by Crippen LogP contribution is -2.19. The summed E-state index contributed by atoms with van der Waals surface area (Å²) in [6, 6.07) is 18.4. The molecule has 1 N–H and O–H groups in total. The van der Waals surface area contributed by atoms with E-state index in [4.69, 9.17) is 4.74 Å². The molecule has 160 valence electrons. The molecule has 9 nitrogen and oxygen atoms in total. The number of H-pyrrole nitrogens is 1. The van der Waals surface area contributed by atoms with Gasteiger partial charge in [0.1, 0.15) is 5.75 Å². The number of nitro groups is 1. The van der Waals surface area contributed by atoms with Crippen molar-refractivity contribution < 1.29 is 9.66 Å². The molecule has 0 amide bonds. The molecule has 2 heterocycles. The number of methoxy groups -OCH3 is 1. The minimum atomic E-state index is -0.487. The fourth-order valence-electron chi connectivity index (χ4n) is 3.29. The maximum Gasteiger partial charge on any atom is 0.280 e. The van der Waals surface area contributed by atoms with Crippen molar-refractivity contribution in [2.45, 2.75) is 6.92 Å². The van der Waals surface area contributed by atoms with Gasteiger partial charge in [-0.25, -0.2) is 14.7 Å². The number of hydrogen-bond donors (Lipinski definition) is 1. The van der Waals surface area contributed by atoms with Gasteiger partial charge in [0.15, 0.2) is 5.82 Å². The number of pyridine rings is 1. The summed E-state index contributed by atoms with van der Waals surface area (Å²) in [5.74, 6) is 1.17. The minimum absolute atomic E-state index is 0.0585. The lowest BCUT2D eigenvalue weighted by Gasteiger charge is -2.05. The fourth-order valence-corrected chi connectivity index (χ4v) is 3.29. The van der Waals surface area contributed by atoms with Gasteiger partial charge >= 0.3 is 0 Å². The second kappa shape index (κ2) is 8.68. The summed E-state index contributed by atoms with van der Waals surface area (Å²) in [5.41, 5.74) is 2.25. The van der Waals surface area contributed by atoms with E-state index in [1.54, 1.807) is 44.5 Å². The predicted molar refractivity (Wildman–Crippen MR) is 121 cm³/mol. The summed E-state index contributed by atoms with van der Waals surface area (Å²) in [5, 5.41) is 14.1. The summed E-state index contributed by atoms with van der Waals surface area (Å²) in [6.07, 6.45) is 1.63. The Hall–Kier alpha value is -4.53. The Labute approximate surface area is 182 Å². The molecule has 0 aliphatic heterocycles. The van der Waals surface area contributed by atoms with Gasteiger partial charge in [-0.2, -0.15) is 0 Å². The second-order valence-corrected chi connectivity index (χ2v) is 6.89. The summed E-state index contributed by atoms with van der Waals surface area (Å²) in [7, 11) is 1.58. The third-order valence-electron chi connectivity index (χ3n) is 4.88. The van der Waals surface area contributed by atoms with E-state index in [0.29, 0.717) is 34.2 Å². The molecule has 4 aromatic rings. The number of aromatic amines is 1. The lowest BCUT2D eigenvalue weighted by atomic mass is 10.1. The number of nitro benzene ring substituents is 1. The van der Waals surface area contributed by atoms with E-state index in [-0.39, 0.29) is 11.2 Å². The lowest BCUT2D eigenvalue weighted by molar-refractivity contribution is -0.384. The van der Waals surface area contributed by atoms with Crippen LogP contribution >= 0.6 is 0 Å². The number of nitrogens with one attached hydrogen (secondary N) is 1. The van der Waals surface area contributed by atoms with Gasteiger partial charge in [0.05, 0.1) is 34.7 Å². The van der Waals surface area contributed by atoms with Gasteiger partial charge in [-0.15, -0.1) is 0 Å². The Morgan fingerprint density at radius 2 is 1.81 bits per heavy atom. The molecule has 0 aliphatic rings. The number of rotatable bonds is 6. The number of aromatic nitrogens is 3. The van der Waals surface area contributed by atoms with Gasteiger partial charge in [-0.05, 0) is 55.5 Å². The van der Waals surface area contributed by atoms with E-state index < -0.39 is 4.92 Å². The second-order valence-electron chi connectivity index (χ2n) is 6.89. The average Bonchev–Trinajstić information content (AvgIpc) is 3.17. The highest BCUT2D eigenvalue weighted by molar-refractivity contribution is 6.04. The number of ether oxygens (including phenoxy) is 1. The van der Waals surface area contributed by atoms with E-state index in [0.717, 1.165) is 5.56 Å². The molecule has 0 unspecified atom stereocenters. The van der Waals surface area contributed by atoms with Gasteiger partial charge in [-0.1, -0.05) is 6.07 Å². The van der Waals surface area contributed by atoms with Gasteiger partial charge in [0, 0.05) is 23.9 Å². The van der Waals surface area contributed by atoms with Crippen LogP contribution in [0, 0.1) is 10.1 Å². The molecule has 32 heavy (non-hydrogen) atoms. The van der Waals surface area contributed by atoms with Crippen LogP contribution in [0.4, 0.5) is 11.5 Å². The van der Waals surface area contributed by atoms with E-state index in [1.807, 2.05) is 18.2 Å². The first kappa shape index (κ1) is 20.7. The van der Waals surface area contributed by atoms with Crippen LogP contribution in [0.25, 0.3) is 16.9 Å². The molecule has 0 spiro atoms. The van der Waals surface area contributed by atoms with E-state index in [9.17, 15) is 14.9 Å². The third kappa shape index (κ3) is 4.04. The Bertz CT molecular complexity index is 1340. The van der Waals surface area contributed by atoms with E-state index >= 15 is 0 Å². The quantitative estimate of drug-likeness (QED) is 0.279. The normalized spacial score (nSPS) is 11.4. The average molecular weight is 429 g/mol. The molecule has 0 saturated heterocycles. The Morgan fingerprint density at radius 1 is 1.09 bits per heavy atom. The summed E-state index contributed by atoms with van der Waals surface area (Å²) >= 11 is 0. The van der Waals surface area contributed by atoms with Crippen molar-refractivity contribution in [1.82, 2.24) is 14.8 Å². The fraction of sp³-hybridized carbons (Fsp3) is 0.0870. The van der Waals surface area contributed by atoms with Gasteiger partial charge < -0.3 is 4.74 Å². The van der Waals surface area contributed by atoms with Crippen LogP contribution in [-0.2, 0) is 0 Å². The van der Waals surface area contributed by atoms with Crippen LogP contribution < -0.4 is 10.3 Å². The van der Waals surface area contributed by atoms with Crippen molar-refractivity contribution in [3.8, 4) is 22.7 Å². The number of benzene rings is 2. The Morgan fingerprint density at radius 3 is 2.41 bits per heavy atom. The zero-order valence-electron chi connectivity index (χ0n) is 17.4. The van der Waals surface area contributed by atoms with E-state index in [1.165, 1.54) is 28.9 Å². The van der Waals surface area contributed by atoms with Crippen molar-refractivity contribution in [2.24, 2.45) is 4.99 Å². The third-order valence-corrected chi connectivity index (χ3v) is 4.88. The molecule has 0 aliphatic carbocycles. The first-order valence-electron chi connectivity index (χ1n) is 9.69. The van der Waals surface area contributed by atoms with Crippen molar-refractivity contribution in [1.29, 1.82) is 0 Å². The van der Waals surface area contributed by atoms with Crippen molar-refractivity contribution in [2.75, 3.05) is 7.11 Å². The highest BCUT2D eigenvalue weighted by atomic mass is 16.6. The molecule has 2 aromatic carbocycles. The SMILES string of the molecule is COc1ccc(-c2[nH]n(-c3ccc([N+](=O)[O-])cc3)c(=O)c2/C(C)=N/c2ccccn2)cc1. The van der Waals surface area contributed by atoms with Crippen LogP contribution in [0.5, 0.6) is 5.75 Å². The summed E-state index contributed by atoms with van der Waals surface area (Å²) in [4.78, 5) is 32.6. The molecule has 0 bridgehead atoms. The minimum Gasteiger partial charge on any atom is -0.497 e. The zero-order valence-corrected chi connectivity index (χ0v) is 17.4. The number of hydrogen-bond acceptors (Lipinski definition) is 6. The topological polar surface area (TPSA) is 115 Å². The van der Waals surface area contributed by atoms with E-state index in [2.05, 4.69) is 15.1 Å². The van der Waals surface area contributed by atoms with Crippen LogP contribution in [0.2, 0.25) is 0 Å². The summed E-state index contributed by atoms with van der Waals surface area (Å²) < 4.78 is 6.57. The van der Waals surface area contributed by atoms with Gasteiger partial charge in [0.25, 0.3) is 11.2 Å². The van der Waals surface area contributed by atoms with Crippen LogP contribution in [-0.4, -0.2) is 32.5 Å². The zero-order chi connectivity index (χ0) is 22.7. The number of non-ortho nitro benzene ring substituents is 1. The van der Waals surface area contributed by atoms with Crippen LogP contribution in [0.1, 0.15) is 12.5 Å².